The van der Waals surface area contributed by atoms with E-state index in [1.54, 1.807) is 19.2 Å². The van der Waals surface area contributed by atoms with Crippen LogP contribution < -0.4 is 10.6 Å². The van der Waals surface area contributed by atoms with Crippen molar-refractivity contribution in [3.05, 3.63) is 35.6 Å². The maximum absolute atomic E-state index is 12.8. The van der Waals surface area contributed by atoms with Gasteiger partial charge < -0.3 is 15.4 Å². The molecule has 0 saturated carbocycles. The molecule has 1 aromatic carbocycles. The van der Waals surface area contributed by atoms with E-state index in [0.717, 1.165) is 57.1 Å². The zero-order valence-electron chi connectivity index (χ0n) is 13.7. The summed E-state index contributed by atoms with van der Waals surface area (Å²) in [4.78, 5) is 4.17. The number of hydrogen-bond acceptors (Lipinski definition) is 2. The molecule has 4 nitrogen and oxygen atoms in total. The Balaban J connectivity index is 2.08. The highest BCUT2D eigenvalue weighted by atomic mass is 19.1. The maximum Gasteiger partial charge on any atom is 0.190 e. The second kappa shape index (κ2) is 12.0. The van der Waals surface area contributed by atoms with E-state index in [0.29, 0.717) is 0 Å². The number of rotatable bonds is 10. The van der Waals surface area contributed by atoms with E-state index in [4.69, 9.17) is 4.74 Å². The fourth-order valence-electron chi connectivity index (χ4n) is 1.93. The van der Waals surface area contributed by atoms with Gasteiger partial charge in [0.2, 0.25) is 0 Å². The average molecular weight is 309 g/mol. The summed E-state index contributed by atoms with van der Waals surface area (Å²) >= 11 is 0. The van der Waals surface area contributed by atoms with E-state index < -0.39 is 0 Å². The topological polar surface area (TPSA) is 45.6 Å². The van der Waals surface area contributed by atoms with Crippen LogP contribution in [0.3, 0.4) is 0 Å². The van der Waals surface area contributed by atoms with E-state index in [9.17, 15) is 4.39 Å². The van der Waals surface area contributed by atoms with Crippen LogP contribution in [0.4, 0.5) is 4.39 Å². The highest BCUT2D eigenvalue weighted by Crippen LogP contribution is 2.02. The van der Waals surface area contributed by atoms with Crippen molar-refractivity contribution in [3.63, 3.8) is 0 Å². The lowest BCUT2D eigenvalue weighted by Crippen LogP contribution is -2.39. The van der Waals surface area contributed by atoms with Gasteiger partial charge in [-0.25, -0.2) is 4.39 Å². The highest BCUT2D eigenvalue weighted by molar-refractivity contribution is 5.79. The summed E-state index contributed by atoms with van der Waals surface area (Å²) in [5.41, 5.74) is 1.11. The minimum absolute atomic E-state index is 0.199. The summed E-state index contributed by atoms with van der Waals surface area (Å²) in [7, 11) is 1.75. The van der Waals surface area contributed by atoms with Gasteiger partial charge >= 0.3 is 0 Å². The van der Waals surface area contributed by atoms with Crippen LogP contribution in [0.2, 0.25) is 0 Å². The summed E-state index contributed by atoms with van der Waals surface area (Å²) in [6.07, 6.45) is 4.09. The van der Waals surface area contributed by atoms with Crippen LogP contribution in [0.5, 0.6) is 0 Å². The first kappa shape index (κ1) is 18.4. The smallest absolute Gasteiger partial charge is 0.190 e. The Hall–Kier alpha value is -1.62. The molecule has 0 radical (unpaired) electrons. The third kappa shape index (κ3) is 8.62. The minimum atomic E-state index is -0.199. The highest BCUT2D eigenvalue weighted by Gasteiger charge is 1.98. The largest absolute Gasteiger partial charge is 0.381 e. The summed E-state index contributed by atoms with van der Waals surface area (Å²) in [5.74, 6) is 0.589. The van der Waals surface area contributed by atoms with Gasteiger partial charge in [0, 0.05) is 33.4 Å². The first-order valence-electron chi connectivity index (χ1n) is 8.03. The Kier molecular flexibility index (Phi) is 10.0. The fourth-order valence-corrected chi connectivity index (χ4v) is 1.93. The van der Waals surface area contributed by atoms with Crippen molar-refractivity contribution in [1.82, 2.24) is 10.6 Å². The lowest BCUT2D eigenvalue weighted by molar-refractivity contribution is 0.129. The quantitative estimate of drug-likeness (QED) is 0.397. The predicted molar refractivity (Wildman–Crippen MR) is 89.8 cm³/mol. The fraction of sp³-hybridized carbons (Fsp3) is 0.588. The van der Waals surface area contributed by atoms with Gasteiger partial charge in [0.15, 0.2) is 5.96 Å². The number of guanidine groups is 1. The number of ether oxygens (including phenoxy) is 1. The van der Waals surface area contributed by atoms with Crippen molar-refractivity contribution in [1.29, 1.82) is 0 Å². The lowest BCUT2D eigenvalue weighted by atomic mass is 10.1. The molecule has 5 heteroatoms. The molecule has 0 aromatic heterocycles. The molecule has 0 aliphatic carbocycles. The van der Waals surface area contributed by atoms with Crippen LogP contribution in [0.15, 0.2) is 29.3 Å². The second-order valence-corrected chi connectivity index (χ2v) is 5.12. The molecule has 124 valence electrons. The summed E-state index contributed by atoms with van der Waals surface area (Å²) < 4.78 is 18.3. The third-order valence-electron chi connectivity index (χ3n) is 3.24. The molecule has 0 fully saturated rings. The Morgan fingerprint density at radius 3 is 2.45 bits per heavy atom. The number of hydrogen-bond donors (Lipinski definition) is 2. The molecule has 0 saturated heterocycles. The molecular weight excluding hydrogens is 281 g/mol. The van der Waals surface area contributed by atoms with Crippen LogP contribution >= 0.6 is 0 Å². The molecule has 0 aliphatic rings. The summed E-state index contributed by atoms with van der Waals surface area (Å²) in [6.45, 7) is 5.38. The summed E-state index contributed by atoms with van der Waals surface area (Å²) in [6, 6.07) is 6.59. The van der Waals surface area contributed by atoms with Crippen LogP contribution in [-0.4, -0.2) is 39.3 Å². The first-order valence-corrected chi connectivity index (χ1v) is 8.03. The normalized spacial score (nSPS) is 11.5. The Labute approximate surface area is 133 Å². The number of aliphatic imine (C=N–C) groups is 1. The van der Waals surface area contributed by atoms with Crippen molar-refractivity contribution < 1.29 is 9.13 Å². The molecule has 2 N–H and O–H groups in total. The molecule has 0 spiro atoms. The van der Waals surface area contributed by atoms with Crippen LogP contribution in [0.1, 0.15) is 31.7 Å². The van der Waals surface area contributed by atoms with Crippen molar-refractivity contribution in [2.24, 2.45) is 4.99 Å². The van der Waals surface area contributed by atoms with Crippen molar-refractivity contribution in [2.45, 2.75) is 32.6 Å². The monoisotopic (exact) mass is 309 g/mol. The SMILES string of the molecule is CCCCOCCCNC(=NC)NCCc1ccc(F)cc1. The molecule has 0 atom stereocenters. The average Bonchev–Trinajstić information content (AvgIpc) is 2.54. The molecule has 22 heavy (non-hydrogen) atoms. The van der Waals surface area contributed by atoms with E-state index in [1.807, 2.05) is 0 Å². The summed E-state index contributed by atoms with van der Waals surface area (Å²) in [5, 5.41) is 6.50. The van der Waals surface area contributed by atoms with Gasteiger partial charge in [0.25, 0.3) is 0 Å². The second-order valence-electron chi connectivity index (χ2n) is 5.12. The molecule has 0 amide bonds. The van der Waals surface area contributed by atoms with Crippen molar-refractivity contribution in [3.8, 4) is 0 Å². The number of halogens is 1. The third-order valence-corrected chi connectivity index (χ3v) is 3.24. The van der Waals surface area contributed by atoms with Gasteiger partial charge in [-0.2, -0.15) is 0 Å². The zero-order valence-corrected chi connectivity index (χ0v) is 13.7. The van der Waals surface area contributed by atoms with Gasteiger partial charge in [-0.15, -0.1) is 0 Å². The van der Waals surface area contributed by atoms with E-state index in [2.05, 4.69) is 22.5 Å². The van der Waals surface area contributed by atoms with E-state index in [-0.39, 0.29) is 5.82 Å². The molecular formula is C17H28FN3O. The standard InChI is InChI=1S/C17H28FN3O/c1-3-4-13-22-14-5-11-20-17(19-2)21-12-10-15-6-8-16(18)9-7-15/h6-9H,3-5,10-14H2,1-2H3,(H2,19,20,21). The Morgan fingerprint density at radius 1 is 1.09 bits per heavy atom. The van der Waals surface area contributed by atoms with Gasteiger partial charge in [0.1, 0.15) is 5.82 Å². The lowest BCUT2D eigenvalue weighted by Gasteiger charge is -2.12. The van der Waals surface area contributed by atoms with Crippen molar-refractivity contribution >= 4 is 5.96 Å². The number of nitrogens with one attached hydrogen (secondary N) is 2. The van der Waals surface area contributed by atoms with Gasteiger partial charge in [-0.05, 0) is 37.0 Å². The van der Waals surface area contributed by atoms with Gasteiger partial charge in [-0.1, -0.05) is 25.5 Å². The van der Waals surface area contributed by atoms with Crippen molar-refractivity contribution in [2.75, 3.05) is 33.4 Å². The van der Waals surface area contributed by atoms with E-state index >= 15 is 0 Å². The number of unbranched alkanes of at least 4 members (excludes halogenated alkanes) is 1. The van der Waals surface area contributed by atoms with Crippen LogP contribution in [-0.2, 0) is 11.2 Å². The Morgan fingerprint density at radius 2 is 1.77 bits per heavy atom. The first-order chi connectivity index (χ1) is 10.8. The molecule has 0 aliphatic heterocycles. The molecule has 0 bridgehead atoms. The minimum Gasteiger partial charge on any atom is -0.381 e. The molecule has 0 unspecified atom stereocenters. The molecule has 0 heterocycles. The number of benzene rings is 1. The Bertz CT molecular complexity index is 420. The van der Waals surface area contributed by atoms with Gasteiger partial charge in [0.05, 0.1) is 0 Å². The van der Waals surface area contributed by atoms with Gasteiger partial charge in [-0.3, -0.25) is 4.99 Å². The molecule has 1 rings (SSSR count). The predicted octanol–water partition coefficient (Wildman–Crippen LogP) is 2.74. The zero-order chi connectivity index (χ0) is 16.0. The van der Waals surface area contributed by atoms with E-state index in [1.165, 1.54) is 18.6 Å². The van der Waals surface area contributed by atoms with Crippen LogP contribution in [0, 0.1) is 5.82 Å². The maximum atomic E-state index is 12.8. The molecule has 1 aromatic rings. The number of nitrogens with zero attached hydrogens (tertiary/aromatic N) is 1. The van der Waals surface area contributed by atoms with Crippen LogP contribution in [0.25, 0.3) is 0 Å².